The Morgan fingerprint density at radius 3 is 2.68 bits per heavy atom. The Balaban J connectivity index is 1.43. The van der Waals surface area contributed by atoms with Gasteiger partial charge in [-0.15, -0.1) is 0 Å². The smallest absolute Gasteiger partial charge is 0.239 e. The lowest BCUT2D eigenvalue weighted by molar-refractivity contribution is -0.134. The molecule has 0 aromatic heterocycles. The first-order valence-corrected chi connectivity index (χ1v) is 9.59. The molecule has 2 aliphatic rings. The van der Waals surface area contributed by atoms with Crippen LogP contribution in [0.4, 0.5) is 0 Å². The second-order valence-corrected chi connectivity index (χ2v) is 7.42. The first-order chi connectivity index (χ1) is 12.2. The van der Waals surface area contributed by atoms with Crippen LogP contribution in [0.25, 0.3) is 0 Å². The van der Waals surface area contributed by atoms with Crippen molar-refractivity contribution in [1.29, 1.82) is 0 Å². The van der Waals surface area contributed by atoms with Crippen molar-refractivity contribution in [3.05, 3.63) is 35.4 Å². The van der Waals surface area contributed by atoms with Gasteiger partial charge in [0.25, 0.3) is 0 Å². The van der Waals surface area contributed by atoms with Crippen LogP contribution in [0, 0.1) is 5.92 Å². The number of piperidine rings is 1. The van der Waals surface area contributed by atoms with E-state index in [1.807, 2.05) is 11.8 Å². The number of carbonyl (C=O) groups excluding carboxylic acids is 1. The molecule has 2 N–H and O–H groups in total. The van der Waals surface area contributed by atoms with E-state index in [1.165, 1.54) is 11.1 Å². The van der Waals surface area contributed by atoms with Gasteiger partial charge in [0.05, 0.1) is 12.6 Å². The van der Waals surface area contributed by atoms with Crippen LogP contribution >= 0.6 is 0 Å². The molecule has 2 aliphatic heterocycles. The molecule has 1 amide bonds. The van der Waals surface area contributed by atoms with Gasteiger partial charge in [0, 0.05) is 19.6 Å². The maximum absolute atomic E-state index is 12.7. The number of hydrogen-bond acceptors (Lipinski definition) is 4. The first kappa shape index (κ1) is 18.4. The maximum atomic E-state index is 12.7. The predicted octanol–water partition coefficient (Wildman–Crippen LogP) is 1.25. The summed E-state index contributed by atoms with van der Waals surface area (Å²) >= 11 is 0. The minimum absolute atomic E-state index is 0.124. The van der Waals surface area contributed by atoms with E-state index in [4.69, 9.17) is 5.11 Å². The van der Waals surface area contributed by atoms with Gasteiger partial charge < -0.3 is 20.2 Å². The molecule has 138 valence electrons. The minimum atomic E-state index is -0.124. The largest absolute Gasteiger partial charge is 0.395 e. The molecular weight excluding hydrogens is 314 g/mol. The number of likely N-dealkylation sites (tertiary alicyclic amines) is 1. The van der Waals surface area contributed by atoms with Crippen LogP contribution in [0.3, 0.4) is 0 Å². The van der Waals surface area contributed by atoms with Crippen LogP contribution in [0.15, 0.2) is 24.3 Å². The van der Waals surface area contributed by atoms with Crippen molar-refractivity contribution in [2.24, 2.45) is 5.92 Å². The molecule has 1 aromatic rings. The average Bonchev–Trinajstić information content (AvgIpc) is 2.66. The third kappa shape index (κ3) is 4.81. The van der Waals surface area contributed by atoms with Crippen molar-refractivity contribution in [3.63, 3.8) is 0 Å². The summed E-state index contributed by atoms with van der Waals surface area (Å²) in [5, 5.41) is 12.5. The Morgan fingerprint density at radius 2 is 1.96 bits per heavy atom. The number of aliphatic hydroxyl groups excluding tert-OH is 1. The van der Waals surface area contributed by atoms with Crippen molar-refractivity contribution in [1.82, 2.24) is 15.1 Å². The Bertz CT molecular complexity index is 570. The molecule has 0 spiro atoms. The number of amides is 1. The molecule has 5 nitrogen and oxygen atoms in total. The normalized spacial score (nSPS) is 20.3. The molecule has 0 bridgehead atoms. The SMILES string of the molecule is CC(NCC1CCN(CCO)CC1)C(=O)N1CCc2ccccc2C1. The van der Waals surface area contributed by atoms with Gasteiger partial charge in [-0.3, -0.25) is 4.79 Å². The second-order valence-electron chi connectivity index (χ2n) is 7.42. The molecule has 1 saturated heterocycles. The summed E-state index contributed by atoms with van der Waals surface area (Å²) in [4.78, 5) is 17.1. The van der Waals surface area contributed by atoms with Crippen LogP contribution in [-0.4, -0.2) is 66.2 Å². The number of nitrogens with zero attached hydrogens (tertiary/aromatic N) is 2. The summed E-state index contributed by atoms with van der Waals surface area (Å²) in [6, 6.07) is 8.31. The molecular formula is C20H31N3O2. The van der Waals surface area contributed by atoms with Crippen molar-refractivity contribution >= 4 is 5.91 Å². The molecule has 5 heteroatoms. The zero-order valence-corrected chi connectivity index (χ0v) is 15.3. The molecule has 1 unspecified atom stereocenters. The Hall–Kier alpha value is -1.43. The number of aliphatic hydroxyl groups is 1. The third-order valence-corrected chi connectivity index (χ3v) is 5.65. The van der Waals surface area contributed by atoms with Crippen LogP contribution in [-0.2, 0) is 17.8 Å². The predicted molar refractivity (Wildman–Crippen MR) is 99.3 cm³/mol. The number of β-amino-alcohol motifs (C(OH)–C–C–N with tert-alkyl or cyclic N) is 1. The Labute approximate surface area is 151 Å². The van der Waals surface area contributed by atoms with E-state index >= 15 is 0 Å². The molecule has 0 saturated carbocycles. The fourth-order valence-electron chi connectivity index (χ4n) is 3.94. The number of benzene rings is 1. The lowest BCUT2D eigenvalue weighted by atomic mass is 9.96. The number of carbonyl (C=O) groups is 1. The van der Waals surface area contributed by atoms with E-state index in [9.17, 15) is 4.79 Å². The molecule has 0 aliphatic carbocycles. The molecule has 3 rings (SSSR count). The van der Waals surface area contributed by atoms with Crippen molar-refractivity contribution in [2.75, 3.05) is 39.3 Å². The third-order valence-electron chi connectivity index (χ3n) is 5.65. The van der Waals surface area contributed by atoms with Crippen LogP contribution in [0.5, 0.6) is 0 Å². The first-order valence-electron chi connectivity index (χ1n) is 9.59. The Morgan fingerprint density at radius 1 is 1.24 bits per heavy atom. The van der Waals surface area contributed by atoms with Crippen LogP contribution in [0.1, 0.15) is 30.9 Å². The summed E-state index contributed by atoms with van der Waals surface area (Å²) in [5.41, 5.74) is 2.66. The van der Waals surface area contributed by atoms with Gasteiger partial charge in [-0.25, -0.2) is 0 Å². The lowest BCUT2D eigenvalue weighted by Gasteiger charge is -2.33. The molecule has 1 atom stereocenters. The standard InChI is InChI=1S/C20H31N3O2/c1-16(21-14-17-6-9-22(10-7-17)12-13-24)20(25)23-11-8-18-4-2-3-5-19(18)15-23/h2-5,16-17,21,24H,6-15H2,1H3. The fourth-order valence-corrected chi connectivity index (χ4v) is 3.94. The molecule has 2 heterocycles. The fraction of sp³-hybridized carbons (Fsp3) is 0.650. The molecule has 1 fully saturated rings. The monoisotopic (exact) mass is 345 g/mol. The van der Waals surface area contributed by atoms with E-state index in [0.717, 1.165) is 58.5 Å². The highest BCUT2D eigenvalue weighted by molar-refractivity contribution is 5.81. The summed E-state index contributed by atoms with van der Waals surface area (Å²) in [6.07, 6.45) is 3.24. The van der Waals surface area contributed by atoms with Crippen molar-refractivity contribution in [2.45, 2.75) is 38.8 Å². The van der Waals surface area contributed by atoms with E-state index in [1.54, 1.807) is 0 Å². The number of hydrogen-bond donors (Lipinski definition) is 2. The van der Waals surface area contributed by atoms with E-state index in [2.05, 4.69) is 34.5 Å². The summed E-state index contributed by atoms with van der Waals surface area (Å²) in [5.74, 6) is 0.847. The summed E-state index contributed by atoms with van der Waals surface area (Å²) < 4.78 is 0. The highest BCUT2D eigenvalue weighted by Gasteiger charge is 2.25. The Kier molecular flexibility index (Phi) is 6.45. The van der Waals surface area contributed by atoms with Crippen LogP contribution < -0.4 is 5.32 Å². The maximum Gasteiger partial charge on any atom is 0.239 e. The summed E-state index contributed by atoms with van der Waals surface area (Å²) in [6.45, 7) is 7.59. The summed E-state index contributed by atoms with van der Waals surface area (Å²) in [7, 11) is 0. The van der Waals surface area contributed by atoms with Gasteiger partial charge >= 0.3 is 0 Å². The lowest BCUT2D eigenvalue weighted by Crippen LogP contribution is -2.48. The van der Waals surface area contributed by atoms with E-state index in [0.29, 0.717) is 5.92 Å². The van der Waals surface area contributed by atoms with E-state index < -0.39 is 0 Å². The zero-order chi connectivity index (χ0) is 17.6. The van der Waals surface area contributed by atoms with Gasteiger partial charge in [0.1, 0.15) is 0 Å². The van der Waals surface area contributed by atoms with Gasteiger partial charge in [0.15, 0.2) is 0 Å². The van der Waals surface area contributed by atoms with Crippen molar-refractivity contribution < 1.29 is 9.90 Å². The minimum Gasteiger partial charge on any atom is -0.395 e. The van der Waals surface area contributed by atoms with Crippen LogP contribution in [0.2, 0.25) is 0 Å². The molecule has 0 radical (unpaired) electrons. The second kappa shape index (κ2) is 8.79. The zero-order valence-electron chi connectivity index (χ0n) is 15.3. The number of nitrogens with one attached hydrogen (secondary N) is 1. The van der Waals surface area contributed by atoms with E-state index in [-0.39, 0.29) is 18.6 Å². The average molecular weight is 345 g/mol. The number of fused-ring (bicyclic) bond motifs is 1. The molecule has 1 aromatic carbocycles. The number of rotatable bonds is 6. The highest BCUT2D eigenvalue weighted by atomic mass is 16.3. The molecule has 25 heavy (non-hydrogen) atoms. The van der Waals surface area contributed by atoms with Gasteiger partial charge in [-0.2, -0.15) is 0 Å². The van der Waals surface area contributed by atoms with Gasteiger partial charge in [-0.1, -0.05) is 24.3 Å². The quantitative estimate of drug-likeness (QED) is 0.815. The van der Waals surface area contributed by atoms with Gasteiger partial charge in [-0.05, 0) is 62.9 Å². The highest BCUT2D eigenvalue weighted by Crippen LogP contribution is 2.19. The topological polar surface area (TPSA) is 55.8 Å². The van der Waals surface area contributed by atoms with Crippen molar-refractivity contribution in [3.8, 4) is 0 Å². The van der Waals surface area contributed by atoms with Gasteiger partial charge in [0.2, 0.25) is 5.91 Å².